The Kier molecular flexibility index (Phi) is 14.0. The highest BCUT2D eigenvalue weighted by atomic mass is 127. The average molecular weight is 531 g/mol. The summed E-state index contributed by atoms with van der Waals surface area (Å²) in [4.78, 5) is 7.29. The van der Waals surface area contributed by atoms with Crippen LogP contribution >= 0.6 is 24.0 Å². The highest BCUT2D eigenvalue weighted by Gasteiger charge is 2.20. The highest BCUT2D eigenvalue weighted by molar-refractivity contribution is 14.0. The zero-order valence-corrected chi connectivity index (χ0v) is 22.4. The fourth-order valence-corrected chi connectivity index (χ4v) is 3.63. The van der Waals surface area contributed by atoms with Crippen molar-refractivity contribution in [1.82, 2.24) is 25.3 Å². The maximum atomic E-state index is 4.92. The first-order valence-electron chi connectivity index (χ1n) is 10.7. The molecule has 2 N–H and O–H groups in total. The Labute approximate surface area is 201 Å². The Morgan fingerprint density at radius 1 is 1.20 bits per heavy atom. The first kappa shape index (κ1) is 28.6. The molecule has 7 heteroatoms. The molecule has 30 heavy (non-hydrogen) atoms. The molecular formula is C23H43IN6. The van der Waals surface area contributed by atoms with Gasteiger partial charge in [-0.1, -0.05) is 26.0 Å². The molecule has 0 radical (unpaired) electrons. The predicted octanol–water partition coefficient (Wildman–Crippen LogP) is 3.84. The van der Waals surface area contributed by atoms with Gasteiger partial charge in [0.05, 0.1) is 12.2 Å². The summed E-state index contributed by atoms with van der Waals surface area (Å²) in [7, 11) is 2.00. The van der Waals surface area contributed by atoms with Crippen molar-refractivity contribution < 1.29 is 0 Å². The lowest BCUT2D eigenvalue weighted by Gasteiger charge is -2.32. The van der Waals surface area contributed by atoms with Crippen LogP contribution in [-0.4, -0.2) is 58.9 Å². The van der Waals surface area contributed by atoms with Crippen molar-refractivity contribution in [2.24, 2.45) is 18.0 Å². The number of aliphatic imine (C=N–C) groups is 1. The summed E-state index contributed by atoms with van der Waals surface area (Å²) < 4.78 is 1.96. The van der Waals surface area contributed by atoms with Crippen LogP contribution in [0.2, 0.25) is 0 Å². The molecule has 1 rings (SSSR count). The van der Waals surface area contributed by atoms with E-state index in [1.807, 2.05) is 23.9 Å². The van der Waals surface area contributed by atoms with Crippen LogP contribution in [-0.2, 0) is 13.5 Å². The molecule has 0 amide bonds. The third-order valence-electron chi connectivity index (χ3n) is 5.30. The van der Waals surface area contributed by atoms with Gasteiger partial charge in [0.25, 0.3) is 0 Å². The second kappa shape index (κ2) is 14.6. The van der Waals surface area contributed by atoms with E-state index in [2.05, 4.69) is 75.3 Å². The molecule has 1 heterocycles. The van der Waals surface area contributed by atoms with E-state index in [1.54, 1.807) is 0 Å². The molecule has 2 unspecified atom stereocenters. The molecule has 0 saturated heterocycles. The SMILES string of the molecule is C=CCN(CC=C)C(CN=C(NCC)NC(C)Cc1c(C)nn(C)c1C)C(C)C.I. The minimum absolute atomic E-state index is 0. The maximum Gasteiger partial charge on any atom is 0.191 e. The van der Waals surface area contributed by atoms with E-state index in [1.165, 1.54) is 11.3 Å². The molecular weight excluding hydrogens is 487 g/mol. The van der Waals surface area contributed by atoms with Crippen LogP contribution in [0, 0.1) is 19.8 Å². The van der Waals surface area contributed by atoms with Gasteiger partial charge in [0.15, 0.2) is 5.96 Å². The summed E-state index contributed by atoms with van der Waals surface area (Å²) in [5.74, 6) is 1.35. The zero-order chi connectivity index (χ0) is 22.0. The van der Waals surface area contributed by atoms with Crippen LogP contribution in [0.1, 0.15) is 44.6 Å². The fraction of sp³-hybridized carbons (Fsp3) is 0.652. The largest absolute Gasteiger partial charge is 0.357 e. The number of hydrogen-bond donors (Lipinski definition) is 2. The van der Waals surface area contributed by atoms with Gasteiger partial charge in [-0.15, -0.1) is 37.1 Å². The highest BCUT2D eigenvalue weighted by Crippen LogP contribution is 2.14. The normalized spacial score (nSPS) is 13.7. The smallest absolute Gasteiger partial charge is 0.191 e. The van der Waals surface area contributed by atoms with E-state index in [4.69, 9.17) is 4.99 Å². The third kappa shape index (κ3) is 8.79. The lowest BCUT2D eigenvalue weighted by atomic mass is 10.0. The Bertz CT molecular complexity index is 669. The maximum absolute atomic E-state index is 4.92. The number of rotatable bonds is 12. The van der Waals surface area contributed by atoms with Crippen LogP contribution in [0.3, 0.4) is 0 Å². The Morgan fingerprint density at radius 3 is 2.23 bits per heavy atom. The zero-order valence-electron chi connectivity index (χ0n) is 20.0. The summed E-state index contributed by atoms with van der Waals surface area (Å²) in [6, 6.07) is 0.587. The summed E-state index contributed by atoms with van der Waals surface area (Å²) in [5.41, 5.74) is 3.64. The molecule has 0 saturated carbocycles. The molecule has 0 aromatic carbocycles. The summed E-state index contributed by atoms with van der Waals surface area (Å²) in [5, 5.41) is 11.5. The van der Waals surface area contributed by atoms with Crippen molar-refractivity contribution in [2.75, 3.05) is 26.2 Å². The molecule has 0 fully saturated rings. The number of halogens is 1. The molecule has 0 aliphatic heterocycles. The predicted molar refractivity (Wildman–Crippen MR) is 141 cm³/mol. The molecule has 6 nitrogen and oxygen atoms in total. The number of nitrogens with zero attached hydrogens (tertiary/aromatic N) is 4. The lowest BCUT2D eigenvalue weighted by molar-refractivity contribution is 0.195. The number of nitrogens with one attached hydrogen (secondary N) is 2. The molecule has 0 aliphatic carbocycles. The van der Waals surface area contributed by atoms with Gasteiger partial charge in [0.1, 0.15) is 0 Å². The van der Waals surface area contributed by atoms with Gasteiger partial charge in [-0.05, 0) is 45.6 Å². The molecule has 0 spiro atoms. The molecule has 2 atom stereocenters. The standard InChI is InChI=1S/C23H42N6.HI/c1-10-13-29(14-11-2)22(17(4)5)16-25-23(24-12-3)26-18(6)15-21-19(7)27-28(9)20(21)8;/h10-11,17-18,22H,1-2,12-16H2,3-9H3,(H2,24,25,26);1H. The van der Waals surface area contributed by atoms with E-state index >= 15 is 0 Å². The van der Waals surface area contributed by atoms with Gasteiger partial charge in [0.2, 0.25) is 0 Å². The van der Waals surface area contributed by atoms with Crippen molar-refractivity contribution in [3.05, 3.63) is 42.3 Å². The summed E-state index contributed by atoms with van der Waals surface area (Å²) >= 11 is 0. The summed E-state index contributed by atoms with van der Waals surface area (Å²) in [6.45, 7) is 24.0. The van der Waals surface area contributed by atoms with Gasteiger partial charge < -0.3 is 10.6 Å². The topological polar surface area (TPSA) is 57.5 Å². The molecule has 172 valence electrons. The number of aromatic nitrogens is 2. The van der Waals surface area contributed by atoms with Gasteiger partial charge >= 0.3 is 0 Å². The fourth-order valence-electron chi connectivity index (χ4n) is 3.63. The van der Waals surface area contributed by atoms with Crippen molar-refractivity contribution in [1.29, 1.82) is 0 Å². The van der Waals surface area contributed by atoms with Crippen LogP contribution in [0.5, 0.6) is 0 Å². The first-order chi connectivity index (χ1) is 13.7. The Hall–Kier alpha value is -1.35. The number of aryl methyl sites for hydroxylation is 2. The van der Waals surface area contributed by atoms with Crippen molar-refractivity contribution in [2.45, 2.75) is 60.0 Å². The van der Waals surface area contributed by atoms with E-state index in [0.29, 0.717) is 12.0 Å². The second-order valence-corrected chi connectivity index (χ2v) is 8.08. The monoisotopic (exact) mass is 530 g/mol. The molecule has 0 aliphatic rings. The van der Waals surface area contributed by atoms with Crippen molar-refractivity contribution in [3.8, 4) is 0 Å². The van der Waals surface area contributed by atoms with E-state index in [-0.39, 0.29) is 30.0 Å². The average Bonchev–Trinajstić information content (AvgIpc) is 2.88. The number of guanidine groups is 1. The van der Waals surface area contributed by atoms with Gasteiger partial charge in [-0.2, -0.15) is 5.10 Å². The van der Waals surface area contributed by atoms with E-state index in [9.17, 15) is 0 Å². The quantitative estimate of drug-likeness (QED) is 0.187. The minimum atomic E-state index is 0. The minimum Gasteiger partial charge on any atom is -0.357 e. The molecule has 1 aromatic heterocycles. The first-order valence-corrected chi connectivity index (χ1v) is 10.7. The van der Waals surface area contributed by atoms with Crippen LogP contribution in [0.25, 0.3) is 0 Å². The summed E-state index contributed by atoms with van der Waals surface area (Å²) in [6.07, 6.45) is 4.82. The Morgan fingerprint density at radius 2 is 1.80 bits per heavy atom. The van der Waals surface area contributed by atoms with Crippen molar-refractivity contribution in [3.63, 3.8) is 0 Å². The molecule has 0 bridgehead atoms. The van der Waals surface area contributed by atoms with E-state index < -0.39 is 0 Å². The molecule has 1 aromatic rings. The van der Waals surface area contributed by atoms with Crippen LogP contribution in [0.15, 0.2) is 30.3 Å². The van der Waals surface area contributed by atoms with Gasteiger partial charge in [-0.3, -0.25) is 14.6 Å². The van der Waals surface area contributed by atoms with E-state index in [0.717, 1.165) is 44.3 Å². The Balaban J connectivity index is 0.00000841. The van der Waals surface area contributed by atoms with Gasteiger partial charge in [-0.25, -0.2) is 0 Å². The lowest BCUT2D eigenvalue weighted by Crippen LogP contribution is -2.45. The second-order valence-electron chi connectivity index (χ2n) is 8.08. The number of hydrogen-bond acceptors (Lipinski definition) is 3. The van der Waals surface area contributed by atoms with Gasteiger partial charge in [0, 0.05) is 44.5 Å². The van der Waals surface area contributed by atoms with Crippen LogP contribution < -0.4 is 10.6 Å². The third-order valence-corrected chi connectivity index (χ3v) is 5.30. The van der Waals surface area contributed by atoms with Crippen molar-refractivity contribution >= 4 is 29.9 Å². The van der Waals surface area contributed by atoms with Crippen LogP contribution in [0.4, 0.5) is 0 Å².